The first-order valence-corrected chi connectivity index (χ1v) is 9.29. The highest BCUT2D eigenvalue weighted by Crippen LogP contribution is 2.35. The summed E-state index contributed by atoms with van der Waals surface area (Å²) < 4.78 is 13.9. The van der Waals surface area contributed by atoms with Gasteiger partial charge in [-0.15, -0.1) is 11.3 Å². The summed E-state index contributed by atoms with van der Waals surface area (Å²) >= 11 is 7.67. The van der Waals surface area contributed by atoms with E-state index < -0.39 is 6.04 Å². The van der Waals surface area contributed by atoms with Gasteiger partial charge in [0, 0.05) is 23.2 Å². The van der Waals surface area contributed by atoms with Crippen molar-refractivity contribution in [1.82, 2.24) is 4.98 Å². The van der Waals surface area contributed by atoms with E-state index in [9.17, 15) is 9.18 Å². The van der Waals surface area contributed by atoms with E-state index in [1.165, 1.54) is 17.4 Å². The number of nitrogens with zero attached hydrogens (tertiary/aromatic N) is 2. The lowest BCUT2D eigenvalue weighted by Crippen LogP contribution is -2.18. The minimum absolute atomic E-state index is 0.172. The Balaban J connectivity index is 1.68. The highest BCUT2D eigenvalue weighted by molar-refractivity contribution is 7.13. The van der Waals surface area contributed by atoms with Gasteiger partial charge in [0.15, 0.2) is 0 Å². The second-order valence-corrected chi connectivity index (χ2v) is 7.63. The van der Waals surface area contributed by atoms with E-state index in [1.807, 2.05) is 19.1 Å². The fraction of sp³-hybridized carbons (Fsp3) is 0.150. The third-order valence-electron chi connectivity index (χ3n) is 4.36. The van der Waals surface area contributed by atoms with Crippen LogP contribution >= 0.6 is 22.9 Å². The van der Waals surface area contributed by atoms with Gasteiger partial charge < -0.3 is 0 Å². The SMILES string of the molecule is Cc1cccc(Cl)c1C1N=Cc2sc(Cc3ccccc3F)nc2C1=O. The van der Waals surface area contributed by atoms with Crippen molar-refractivity contribution in [2.75, 3.05) is 0 Å². The third kappa shape index (κ3) is 2.97. The second-order valence-electron chi connectivity index (χ2n) is 6.10. The molecule has 6 heteroatoms. The molecule has 0 spiro atoms. The van der Waals surface area contributed by atoms with Crippen LogP contribution in [0.1, 0.15) is 43.1 Å². The van der Waals surface area contributed by atoms with Crippen LogP contribution in [0.25, 0.3) is 0 Å². The number of carbonyl (C=O) groups is 1. The minimum atomic E-state index is -0.681. The molecule has 1 unspecified atom stereocenters. The molecule has 1 aliphatic heterocycles. The Hall–Kier alpha value is -2.37. The van der Waals surface area contributed by atoms with Gasteiger partial charge in [0.1, 0.15) is 17.6 Å². The molecule has 0 N–H and O–H groups in total. The number of hydrogen-bond donors (Lipinski definition) is 0. The number of Topliss-reactive ketones (excluding diaryl/α,β-unsaturated/α-hetero) is 1. The molecule has 130 valence electrons. The third-order valence-corrected chi connectivity index (χ3v) is 5.68. The zero-order valence-electron chi connectivity index (χ0n) is 13.9. The van der Waals surface area contributed by atoms with Crippen molar-refractivity contribution in [2.24, 2.45) is 4.99 Å². The summed E-state index contributed by atoms with van der Waals surface area (Å²) in [6.07, 6.45) is 2.02. The summed E-state index contributed by atoms with van der Waals surface area (Å²) in [5, 5.41) is 1.21. The van der Waals surface area contributed by atoms with Gasteiger partial charge in [0.05, 0.1) is 9.88 Å². The number of benzene rings is 2. The number of fused-ring (bicyclic) bond motifs is 1. The van der Waals surface area contributed by atoms with Crippen LogP contribution < -0.4 is 0 Å². The maximum Gasteiger partial charge on any atom is 0.211 e. The summed E-state index contributed by atoms with van der Waals surface area (Å²) in [7, 11) is 0. The van der Waals surface area contributed by atoms with Crippen LogP contribution in [0.3, 0.4) is 0 Å². The van der Waals surface area contributed by atoms with Gasteiger partial charge in [0.2, 0.25) is 5.78 Å². The Morgan fingerprint density at radius 2 is 2.00 bits per heavy atom. The molecule has 0 aliphatic carbocycles. The molecule has 26 heavy (non-hydrogen) atoms. The topological polar surface area (TPSA) is 42.3 Å². The highest BCUT2D eigenvalue weighted by Gasteiger charge is 2.32. The number of thiazole rings is 1. The first-order valence-electron chi connectivity index (χ1n) is 8.10. The van der Waals surface area contributed by atoms with Crippen LogP contribution in [-0.4, -0.2) is 17.0 Å². The summed E-state index contributed by atoms with van der Waals surface area (Å²) in [6, 6.07) is 11.4. The van der Waals surface area contributed by atoms with E-state index in [-0.39, 0.29) is 11.6 Å². The average molecular weight is 385 g/mol. The maximum absolute atomic E-state index is 13.9. The van der Waals surface area contributed by atoms with E-state index >= 15 is 0 Å². The number of halogens is 2. The van der Waals surface area contributed by atoms with Crippen molar-refractivity contribution < 1.29 is 9.18 Å². The van der Waals surface area contributed by atoms with Gasteiger partial charge in [-0.05, 0) is 30.2 Å². The largest absolute Gasteiger partial charge is 0.290 e. The quantitative estimate of drug-likeness (QED) is 0.623. The van der Waals surface area contributed by atoms with Crippen molar-refractivity contribution in [1.29, 1.82) is 0 Å². The predicted molar refractivity (Wildman–Crippen MR) is 102 cm³/mol. The minimum Gasteiger partial charge on any atom is -0.290 e. The smallest absolute Gasteiger partial charge is 0.211 e. The van der Waals surface area contributed by atoms with Crippen LogP contribution in [0.15, 0.2) is 47.5 Å². The van der Waals surface area contributed by atoms with Crippen molar-refractivity contribution in [3.63, 3.8) is 0 Å². The van der Waals surface area contributed by atoms with Crippen LogP contribution in [0.2, 0.25) is 5.02 Å². The molecule has 0 saturated heterocycles. The Kier molecular flexibility index (Phi) is 4.42. The molecule has 1 aliphatic rings. The van der Waals surface area contributed by atoms with Gasteiger partial charge in [-0.1, -0.05) is 41.9 Å². The van der Waals surface area contributed by atoms with Crippen LogP contribution in [0.5, 0.6) is 0 Å². The molecule has 0 fully saturated rings. The first-order chi connectivity index (χ1) is 12.5. The van der Waals surface area contributed by atoms with E-state index in [1.54, 1.807) is 30.5 Å². The molecule has 3 aromatic rings. The Morgan fingerprint density at radius 1 is 1.19 bits per heavy atom. The number of rotatable bonds is 3. The van der Waals surface area contributed by atoms with Crippen molar-refractivity contribution >= 4 is 34.9 Å². The Bertz CT molecular complexity index is 1020. The molecule has 0 saturated carbocycles. The molecule has 4 rings (SSSR count). The molecular formula is C20H14ClFN2OS. The van der Waals surface area contributed by atoms with Gasteiger partial charge in [0.25, 0.3) is 0 Å². The van der Waals surface area contributed by atoms with Gasteiger partial charge in [-0.3, -0.25) is 9.79 Å². The normalized spacial score (nSPS) is 16.0. The van der Waals surface area contributed by atoms with E-state index in [2.05, 4.69) is 9.98 Å². The molecule has 1 atom stereocenters. The second kappa shape index (κ2) is 6.74. The van der Waals surface area contributed by atoms with Crippen LogP contribution in [-0.2, 0) is 6.42 Å². The summed E-state index contributed by atoms with van der Waals surface area (Å²) in [6.45, 7) is 1.91. The van der Waals surface area contributed by atoms with Gasteiger partial charge in [-0.2, -0.15) is 0 Å². The molecule has 2 aromatic carbocycles. The lowest BCUT2D eigenvalue weighted by Gasteiger charge is -2.17. The van der Waals surface area contributed by atoms with Crippen LogP contribution in [0.4, 0.5) is 4.39 Å². The van der Waals surface area contributed by atoms with Crippen LogP contribution in [0, 0.1) is 12.7 Å². The zero-order valence-corrected chi connectivity index (χ0v) is 15.4. The summed E-state index contributed by atoms with van der Waals surface area (Å²) in [4.78, 5) is 22.6. The molecule has 2 heterocycles. The summed E-state index contributed by atoms with van der Waals surface area (Å²) in [5.74, 6) is -0.444. The number of ketones is 1. The number of carbonyl (C=O) groups excluding carboxylic acids is 1. The standard InChI is InChI=1S/C20H14ClFN2OS/c1-11-5-4-7-13(21)17(11)19-20(25)18-15(10-23-19)26-16(24-18)9-12-6-2-3-8-14(12)22/h2-8,10,19H,9H2,1H3. The average Bonchev–Trinajstić information content (AvgIpc) is 3.02. The molecule has 0 radical (unpaired) electrons. The molecule has 3 nitrogen and oxygen atoms in total. The van der Waals surface area contributed by atoms with Gasteiger partial charge in [-0.25, -0.2) is 9.37 Å². The molecule has 0 amide bonds. The Labute approximate surface area is 159 Å². The van der Waals surface area contributed by atoms with Crippen molar-refractivity contribution in [3.8, 4) is 0 Å². The van der Waals surface area contributed by atoms with E-state index in [0.717, 1.165) is 5.56 Å². The number of aryl methyl sites for hydroxylation is 1. The number of hydrogen-bond acceptors (Lipinski definition) is 4. The number of aromatic nitrogens is 1. The lowest BCUT2D eigenvalue weighted by atomic mass is 9.95. The predicted octanol–water partition coefficient (Wildman–Crippen LogP) is 5.19. The fourth-order valence-electron chi connectivity index (χ4n) is 3.06. The van der Waals surface area contributed by atoms with Crippen molar-refractivity contribution in [2.45, 2.75) is 19.4 Å². The molecule has 1 aromatic heterocycles. The Morgan fingerprint density at radius 3 is 2.77 bits per heavy atom. The fourth-order valence-corrected chi connectivity index (χ4v) is 4.36. The number of aliphatic imine (C=N–C) groups is 1. The van der Waals surface area contributed by atoms with E-state index in [0.29, 0.717) is 38.1 Å². The maximum atomic E-state index is 13.9. The van der Waals surface area contributed by atoms with Gasteiger partial charge >= 0.3 is 0 Å². The zero-order chi connectivity index (χ0) is 18.3. The van der Waals surface area contributed by atoms with E-state index in [4.69, 9.17) is 11.6 Å². The summed E-state index contributed by atoms with van der Waals surface area (Å²) in [5.41, 5.74) is 2.57. The first kappa shape index (κ1) is 17.1. The lowest BCUT2D eigenvalue weighted by molar-refractivity contribution is 0.0956. The highest BCUT2D eigenvalue weighted by atomic mass is 35.5. The molecule has 0 bridgehead atoms. The molecular weight excluding hydrogens is 371 g/mol. The van der Waals surface area contributed by atoms with Crippen molar-refractivity contribution in [3.05, 3.63) is 85.6 Å². The monoisotopic (exact) mass is 384 g/mol.